The highest BCUT2D eigenvalue weighted by atomic mass is 32.2. The van der Waals surface area contributed by atoms with E-state index in [-0.39, 0.29) is 17.4 Å². The Bertz CT molecular complexity index is 345. The number of hydrogen-bond donors (Lipinski definition) is 2. The van der Waals surface area contributed by atoms with Crippen LogP contribution in [-0.4, -0.2) is 60.6 Å². The van der Waals surface area contributed by atoms with Gasteiger partial charge in [0.1, 0.15) is 0 Å². The molecule has 1 atom stereocenters. The highest BCUT2D eigenvalue weighted by Gasteiger charge is 2.39. The standard InChI is InChI=1S/C16H29N3OS/c20-15(14-4-7-17-12-14)18-13-16(5-2-1-3-6-16)19-8-10-21-11-9-19/h14,17H,1-13H2,(H,18,20). The van der Waals surface area contributed by atoms with Crippen LogP contribution < -0.4 is 10.6 Å². The van der Waals surface area contributed by atoms with E-state index in [4.69, 9.17) is 0 Å². The number of nitrogens with one attached hydrogen (secondary N) is 2. The molecule has 5 heteroatoms. The Balaban J connectivity index is 1.60. The first kappa shape index (κ1) is 15.6. The minimum absolute atomic E-state index is 0.197. The van der Waals surface area contributed by atoms with Crippen molar-refractivity contribution in [1.29, 1.82) is 0 Å². The largest absolute Gasteiger partial charge is 0.354 e. The van der Waals surface area contributed by atoms with Gasteiger partial charge in [0.25, 0.3) is 0 Å². The van der Waals surface area contributed by atoms with Gasteiger partial charge in [-0.3, -0.25) is 9.69 Å². The van der Waals surface area contributed by atoms with E-state index in [1.54, 1.807) is 0 Å². The second kappa shape index (κ2) is 7.34. The normalized spacial score (nSPS) is 30.2. The molecule has 0 radical (unpaired) electrons. The maximum atomic E-state index is 12.3. The summed E-state index contributed by atoms with van der Waals surface area (Å²) in [5.41, 5.74) is 0.251. The molecule has 0 bridgehead atoms. The van der Waals surface area contributed by atoms with Crippen LogP contribution in [0.4, 0.5) is 0 Å². The molecule has 0 aromatic heterocycles. The van der Waals surface area contributed by atoms with Gasteiger partial charge in [0.05, 0.1) is 5.92 Å². The Hall–Kier alpha value is -0.260. The minimum Gasteiger partial charge on any atom is -0.354 e. The molecule has 0 spiro atoms. The molecule has 2 N–H and O–H groups in total. The van der Waals surface area contributed by atoms with Gasteiger partial charge in [0.2, 0.25) is 5.91 Å². The number of carbonyl (C=O) groups excluding carboxylic acids is 1. The average molecular weight is 311 g/mol. The fourth-order valence-corrected chi connectivity index (χ4v) is 5.03. The third kappa shape index (κ3) is 3.74. The van der Waals surface area contributed by atoms with Crippen molar-refractivity contribution < 1.29 is 4.79 Å². The van der Waals surface area contributed by atoms with Gasteiger partial charge < -0.3 is 10.6 Å². The van der Waals surface area contributed by atoms with Crippen molar-refractivity contribution in [3.8, 4) is 0 Å². The molecule has 1 aliphatic carbocycles. The van der Waals surface area contributed by atoms with Crippen LogP contribution in [0.3, 0.4) is 0 Å². The summed E-state index contributed by atoms with van der Waals surface area (Å²) in [6.45, 7) is 5.12. The van der Waals surface area contributed by atoms with Crippen LogP contribution in [0, 0.1) is 5.92 Å². The fraction of sp³-hybridized carbons (Fsp3) is 0.938. The van der Waals surface area contributed by atoms with Crippen LogP contribution in [0.15, 0.2) is 0 Å². The molecule has 21 heavy (non-hydrogen) atoms. The zero-order valence-corrected chi connectivity index (χ0v) is 13.8. The van der Waals surface area contributed by atoms with E-state index in [1.807, 2.05) is 0 Å². The SMILES string of the molecule is O=C(NCC1(N2CCSCC2)CCCCC1)C1CCNC1. The van der Waals surface area contributed by atoms with E-state index in [0.29, 0.717) is 0 Å². The van der Waals surface area contributed by atoms with E-state index < -0.39 is 0 Å². The summed E-state index contributed by atoms with van der Waals surface area (Å²) in [7, 11) is 0. The van der Waals surface area contributed by atoms with Crippen molar-refractivity contribution in [3.05, 3.63) is 0 Å². The number of nitrogens with zero attached hydrogens (tertiary/aromatic N) is 1. The van der Waals surface area contributed by atoms with Crippen molar-refractivity contribution in [2.45, 2.75) is 44.1 Å². The van der Waals surface area contributed by atoms with Gasteiger partial charge in [-0.05, 0) is 25.8 Å². The number of carbonyl (C=O) groups is 1. The van der Waals surface area contributed by atoms with Crippen molar-refractivity contribution >= 4 is 17.7 Å². The Labute approximate surface area is 132 Å². The molecule has 120 valence electrons. The van der Waals surface area contributed by atoms with Gasteiger partial charge in [0.15, 0.2) is 0 Å². The number of thioether (sulfide) groups is 1. The smallest absolute Gasteiger partial charge is 0.224 e. The molecular weight excluding hydrogens is 282 g/mol. The second-order valence-electron chi connectivity index (χ2n) is 6.79. The first-order chi connectivity index (χ1) is 10.3. The predicted octanol–water partition coefficient (Wildman–Crippen LogP) is 1.46. The molecule has 4 nitrogen and oxygen atoms in total. The van der Waals surface area contributed by atoms with E-state index in [0.717, 1.165) is 26.1 Å². The molecule has 2 aliphatic heterocycles. The van der Waals surface area contributed by atoms with Gasteiger partial charge in [0, 0.05) is 43.2 Å². The van der Waals surface area contributed by atoms with Gasteiger partial charge >= 0.3 is 0 Å². The highest BCUT2D eigenvalue weighted by Crippen LogP contribution is 2.34. The third-order valence-corrected chi connectivity index (χ3v) is 6.43. The molecule has 1 saturated carbocycles. The number of amides is 1. The summed E-state index contributed by atoms with van der Waals surface area (Å²) in [5, 5.41) is 6.60. The van der Waals surface area contributed by atoms with Crippen LogP contribution >= 0.6 is 11.8 Å². The molecule has 1 unspecified atom stereocenters. The second-order valence-corrected chi connectivity index (χ2v) is 8.02. The van der Waals surface area contributed by atoms with Gasteiger partial charge in [-0.15, -0.1) is 0 Å². The van der Waals surface area contributed by atoms with E-state index in [1.165, 1.54) is 56.7 Å². The quantitative estimate of drug-likeness (QED) is 0.825. The Kier molecular flexibility index (Phi) is 5.46. The average Bonchev–Trinajstić information content (AvgIpc) is 3.09. The van der Waals surface area contributed by atoms with Crippen LogP contribution in [-0.2, 0) is 4.79 Å². The zero-order valence-electron chi connectivity index (χ0n) is 13.0. The van der Waals surface area contributed by atoms with Crippen molar-refractivity contribution in [2.24, 2.45) is 5.92 Å². The summed E-state index contributed by atoms with van der Waals surface area (Å²) in [5.74, 6) is 2.98. The van der Waals surface area contributed by atoms with Crippen LogP contribution in [0.5, 0.6) is 0 Å². The molecule has 2 heterocycles. The third-order valence-electron chi connectivity index (χ3n) is 5.49. The van der Waals surface area contributed by atoms with E-state index >= 15 is 0 Å². The number of rotatable bonds is 4. The van der Waals surface area contributed by atoms with Crippen LogP contribution in [0.2, 0.25) is 0 Å². The molecule has 0 aromatic rings. The fourth-order valence-electron chi connectivity index (χ4n) is 4.13. The molecule has 3 rings (SSSR count). The van der Waals surface area contributed by atoms with E-state index in [9.17, 15) is 4.79 Å². The Morgan fingerprint density at radius 2 is 2.00 bits per heavy atom. The Morgan fingerprint density at radius 1 is 1.24 bits per heavy atom. The molecule has 1 amide bonds. The first-order valence-electron chi connectivity index (χ1n) is 8.61. The first-order valence-corrected chi connectivity index (χ1v) is 9.77. The maximum absolute atomic E-state index is 12.3. The van der Waals surface area contributed by atoms with Crippen LogP contribution in [0.25, 0.3) is 0 Å². The summed E-state index contributed by atoms with van der Waals surface area (Å²) in [6.07, 6.45) is 7.54. The van der Waals surface area contributed by atoms with Crippen molar-refractivity contribution in [3.63, 3.8) is 0 Å². The summed E-state index contributed by atoms with van der Waals surface area (Å²) in [6, 6.07) is 0. The van der Waals surface area contributed by atoms with Gasteiger partial charge in [-0.2, -0.15) is 11.8 Å². The molecule has 3 fully saturated rings. The monoisotopic (exact) mass is 311 g/mol. The predicted molar refractivity (Wildman–Crippen MR) is 88.7 cm³/mol. The van der Waals surface area contributed by atoms with E-state index in [2.05, 4.69) is 27.3 Å². The molecule has 0 aromatic carbocycles. The topological polar surface area (TPSA) is 44.4 Å². The summed E-state index contributed by atoms with van der Waals surface area (Å²) >= 11 is 2.07. The summed E-state index contributed by atoms with van der Waals surface area (Å²) < 4.78 is 0. The molecular formula is C16H29N3OS. The van der Waals surface area contributed by atoms with Gasteiger partial charge in [-0.25, -0.2) is 0 Å². The zero-order chi connectivity index (χ0) is 14.5. The number of hydrogen-bond acceptors (Lipinski definition) is 4. The lowest BCUT2D eigenvalue weighted by atomic mass is 9.79. The highest BCUT2D eigenvalue weighted by molar-refractivity contribution is 7.99. The van der Waals surface area contributed by atoms with Crippen LogP contribution in [0.1, 0.15) is 38.5 Å². The lowest BCUT2D eigenvalue weighted by molar-refractivity contribution is -0.125. The lowest BCUT2D eigenvalue weighted by Gasteiger charge is -2.48. The molecule has 2 saturated heterocycles. The van der Waals surface area contributed by atoms with Crippen molar-refractivity contribution in [1.82, 2.24) is 15.5 Å². The Morgan fingerprint density at radius 3 is 2.67 bits per heavy atom. The summed E-state index contributed by atoms with van der Waals surface area (Å²) in [4.78, 5) is 15.0. The minimum atomic E-state index is 0.197. The lowest BCUT2D eigenvalue weighted by Crippen LogP contribution is -2.59. The maximum Gasteiger partial charge on any atom is 0.224 e. The van der Waals surface area contributed by atoms with Crippen molar-refractivity contribution in [2.75, 3.05) is 44.2 Å². The van der Waals surface area contributed by atoms with Gasteiger partial charge in [-0.1, -0.05) is 19.3 Å². The molecule has 3 aliphatic rings.